The molecule has 138 valence electrons. The number of pyridine rings is 1. The van der Waals surface area contributed by atoms with E-state index >= 15 is 0 Å². The minimum Gasteiger partial charge on any atom is -0.355 e. The number of anilines is 4. The van der Waals surface area contributed by atoms with E-state index in [2.05, 4.69) is 20.9 Å². The molecule has 7 nitrogen and oxygen atoms in total. The van der Waals surface area contributed by atoms with E-state index in [-0.39, 0.29) is 11.6 Å². The SMILES string of the molecule is CC(=O)Nc1ccc(Nc2ccnc(C(=O)Nc3ccccc3C#N)c2)cc1. The molecular formula is C21H17N5O2. The number of hydrogen-bond donors (Lipinski definition) is 3. The van der Waals surface area contributed by atoms with Crippen LogP contribution in [0.25, 0.3) is 0 Å². The summed E-state index contributed by atoms with van der Waals surface area (Å²) in [5, 5.41) is 17.7. The molecule has 0 unspecified atom stereocenters. The molecule has 0 aliphatic carbocycles. The Hall–Kier alpha value is -4.18. The van der Waals surface area contributed by atoms with E-state index in [0.717, 1.165) is 5.69 Å². The summed E-state index contributed by atoms with van der Waals surface area (Å²) >= 11 is 0. The topological polar surface area (TPSA) is 107 Å². The minimum absolute atomic E-state index is 0.136. The third-order valence-corrected chi connectivity index (χ3v) is 3.78. The van der Waals surface area contributed by atoms with Gasteiger partial charge < -0.3 is 16.0 Å². The lowest BCUT2D eigenvalue weighted by molar-refractivity contribution is -0.114. The van der Waals surface area contributed by atoms with Crippen molar-refractivity contribution in [2.75, 3.05) is 16.0 Å². The lowest BCUT2D eigenvalue weighted by Crippen LogP contribution is -2.14. The Balaban J connectivity index is 1.72. The van der Waals surface area contributed by atoms with Gasteiger partial charge in [-0.3, -0.25) is 14.6 Å². The van der Waals surface area contributed by atoms with Gasteiger partial charge in [-0.15, -0.1) is 0 Å². The van der Waals surface area contributed by atoms with Crippen LogP contribution in [-0.4, -0.2) is 16.8 Å². The fourth-order valence-corrected chi connectivity index (χ4v) is 2.52. The third-order valence-electron chi connectivity index (χ3n) is 3.78. The minimum atomic E-state index is -0.410. The second-order valence-electron chi connectivity index (χ2n) is 5.92. The van der Waals surface area contributed by atoms with Gasteiger partial charge in [-0.25, -0.2) is 0 Å². The summed E-state index contributed by atoms with van der Waals surface area (Å²) in [6, 6.07) is 19.3. The van der Waals surface area contributed by atoms with Crippen LogP contribution >= 0.6 is 0 Å². The van der Waals surface area contributed by atoms with Crippen LogP contribution in [0.3, 0.4) is 0 Å². The van der Waals surface area contributed by atoms with Crippen LogP contribution in [0.15, 0.2) is 66.9 Å². The predicted octanol–water partition coefficient (Wildman–Crippen LogP) is 3.91. The number of nitrogens with zero attached hydrogens (tertiary/aromatic N) is 2. The van der Waals surface area contributed by atoms with Crippen molar-refractivity contribution in [1.29, 1.82) is 5.26 Å². The molecule has 2 aromatic carbocycles. The molecule has 1 aromatic heterocycles. The summed E-state index contributed by atoms with van der Waals surface area (Å²) in [5.74, 6) is -0.546. The maximum atomic E-state index is 12.5. The standard InChI is InChI=1S/C21H17N5O2/c1-14(27)24-16-6-8-17(9-7-16)25-18-10-11-23-20(12-18)21(28)26-19-5-3-2-4-15(19)13-22/h2-12H,1H3,(H,23,25)(H,24,27)(H,26,28). The first-order valence-corrected chi connectivity index (χ1v) is 8.46. The van der Waals surface area contributed by atoms with E-state index in [0.29, 0.717) is 22.6 Å². The van der Waals surface area contributed by atoms with Gasteiger partial charge in [-0.05, 0) is 48.5 Å². The largest absolute Gasteiger partial charge is 0.355 e. The molecular weight excluding hydrogens is 354 g/mol. The van der Waals surface area contributed by atoms with Crippen LogP contribution in [0.2, 0.25) is 0 Å². The molecule has 3 aromatic rings. The normalized spacial score (nSPS) is 9.86. The van der Waals surface area contributed by atoms with Crippen molar-refractivity contribution < 1.29 is 9.59 Å². The van der Waals surface area contributed by atoms with Gasteiger partial charge in [0.25, 0.3) is 5.91 Å². The zero-order chi connectivity index (χ0) is 19.9. The number of carbonyl (C=O) groups is 2. The van der Waals surface area contributed by atoms with Gasteiger partial charge in [0.05, 0.1) is 11.3 Å². The molecule has 3 rings (SSSR count). The first-order valence-electron chi connectivity index (χ1n) is 8.46. The van der Waals surface area contributed by atoms with Gasteiger partial charge in [0.1, 0.15) is 11.8 Å². The Morgan fingerprint density at radius 1 is 0.929 bits per heavy atom. The summed E-state index contributed by atoms with van der Waals surface area (Å²) in [6.45, 7) is 1.45. The quantitative estimate of drug-likeness (QED) is 0.630. The lowest BCUT2D eigenvalue weighted by Gasteiger charge is -2.10. The molecule has 0 bridgehead atoms. The highest BCUT2D eigenvalue weighted by Crippen LogP contribution is 2.20. The molecule has 7 heteroatoms. The number of nitrogens with one attached hydrogen (secondary N) is 3. The average Bonchev–Trinajstić information content (AvgIpc) is 2.70. The molecule has 28 heavy (non-hydrogen) atoms. The van der Waals surface area contributed by atoms with Gasteiger partial charge in [0.15, 0.2) is 0 Å². The summed E-state index contributed by atoms with van der Waals surface area (Å²) in [7, 11) is 0. The maximum absolute atomic E-state index is 12.5. The number of carbonyl (C=O) groups excluding carboxylic acids is 2. The van der Waals surface area contributed by atoms with E-state index in [1.54, 1.807) is 48.5 Å². The molecule has 0 aliphatic rings. The maximum Gasteiger partial charge on any atom is 0.274 e. The fraction of sp³-hybridized carbons (Fsp3) is 0.0476. The number of rotatable bonds is 5. The number of benzene rings is 2. The number of aromatic nitrogens is 1. The van der Waals surface area contributed by atoms with Crippen molar-refractivity contribution in [3.05, 3.63) is 78.1 Å². The van der Waals surface area contributed by atoms with E-state index in [9.17, 15) is 9.59 Å². The second-order valence-corrected chi connectivity index (χ2v) is 5.92. The summed E-state index contributed by atoms with van der Waals surface area (Å²) in [5.41, 5.74) is 3.20. The van der Waals surface area contributed by atoms with Crippen LogP contribution in [-0.2, 0) is 4.79 Å². The smallest absolute Gasteiger partial charge is 0.274 e. The zero-order valence-corrected chi connectivity index (χ0v) is 15.1. The zero-order valence-electron chi connectivity index (χ0n) is 15.1. The molecule has 2 amide bonds. The molecule has 0 fully saturated rings. The highest BCUT2D eigenvalue weighted by atomic mass is 16.2. The Kier molecular flexibility index (Phi) is 5.63. The summed E-state index contributed by atoms with van der Waals surface area (Å²) < 4.78 is 0. The molecule has 0 saturated heterocycles. The second kappa shape index (κ2) is 8.47. The number of amides is 2. The highest BCUT2D eigenvalue weighted by Gasteiger charge is 2.11. The summed E-state index contributed by atoms with van der Waals surface area (Å²) in [6.07, 6.45) is 1.53. The van der Waals surface area contributed by atoms with E-state index in [4.69, 9.17) is 5.26 Å². The molecule has 0 spiro atoms. The molecule has 3 N–H and O–H groups in total. The van der Waals surface area contributed by atoms with Gasteiger partial charge in [0, 0.05) is 30.2 Å². The average molecular weight is 371 g/mol. The molecule has 0 saturated carbocycles. The van der Waals surface area contributed by atoms with Crippen LogP contribution in [0.1, 0.15) is 23.0 Å². The molecule has 0 radical (unpaired) electrons. The Bertz CT molecular complexity index is 1050. The van der Waals surface area contributed by atoms with E-state index in [1.807, 2.05) is 18.2 Å². The lowest BCUT2D eigenvalue weighted by atomic mass is 10.2. The van der Waals surface area contributed by atoms with Crippen LogP contribution < -0.4 is 16.0 Å². The van der Waals surface area contributed by atoms with Crippen LogP contribution in [0.5, 0.6) is 0 Å². The fourth-order valence-electron chi connectivity index (χ4n) is 2.52. The number of para-hydroxylation sites is 1. The van der Waals surface area contributed by atoms with Crippen molar-refractivity contribution in [2.45, 2.75) is 6.92 Å². The highest BCUT2D eigenvalue weighted by molar-refractivity contribution is 6.04. The molecule has 1 heterocycles. The molecule has 0 aliphatic heterocycles. The van der Waals surface area contributed by atoms with Crippen molar-refractivity contribution in [2.24, 2.45) is 0 Å². The number of hydrogen-bond acceptors (Lipinski definition) is 5. The van der Waals surface area contributed by atoms with Gasteiger partial charge in [-0.1, -0.05) is 12.1 Å². The van der Waals surface area contributed by atoms with E-state index < -0.39 is 5.91 Å². The van der Waals surface area contributed by atoms with Crippen molar-refractivity contribution in [3.8, 4) is 6.07 Å². The Labute approximate surface area is 162 Å². The summed E-state index contributed by atoms with van der Waals surface area (Å²) in [4.78, 5) is 27.7. The van der Waals surface area contributed by atoms with Crippen LogP contribution in [0.4, 0.5) is 22.7 Å². The van der Waals surface area contributed by atoms with Crippen molar-refractivity contribution in [1.82, 2.24) is 4.98 Å². The first-order chi connectivity index (χ1) is 13.5. The van der Waals surface area contributed by atoms with Gasteiger partial charge in [-0.2, -0.15) is 5.26 Å². The Morgan fingerprint density at radius 3 is 2.36 bits per heavy atom. The predicted molar refractivity (Wildman–Crippen MR) is 107 cm³/mol. The van der Waals surface area contributed by atoms with Gasteiger partial charge in [0.2, 0.25) is 5.91 Å². The number of nitriles is 1. The Morgan fingerprint density at radius 2 is 1.64 bits per heavy atom. The van der Waals surface area contributed by atoms with Crippen molar-refractivity contribution in [3.63, 3.8) is 0 Å². The van der Waals surface area contributed by atoms with E-state index in [1.165, 1.54) is 13.1 Å². The third kappa shape index (κ3) is 4.71. The van der Waals surface area contributed by atoms with Crippen molar-refractivity contribution >= 4 is 34.6 Å². The first kappa shape index (κ1) is 18.6. The van der Waals surface area contributed by atoms with Gasteiger partial charge >= 0.3 is 0 Å². The molecule has 0 atom stereocenters. The van der Waals surface area contributed by atoms with Crippen LogP contribution in [0, 0.1) is 11.3 Å². The monoisotopic (exact) mass is 371 g/mol.